The monoisotopic (exact) mass is 273 g/mol. The lowest BCUT2D eigenvalue weighted by atomic mass is 10.1. The van der Waals surface area contributed by atoms with Gasteiger partial charge in [0.1, 0.15) is 0 Å². The third kappa shape index (κ3) is 3.42. The molecule has 1 unspecified atom stereocenters. The summed E-state index contributed by atoms with van der Waals surface area (Å²) in [6, 6.07) is 8.63. The molecule has 5 nitrogen and oxygen atoms in total. The summed E-state index contributed by atoms with van der Waals surface area (Å²) in [6.07, 6.45) is 3.58. The van der Waals surface area contributed by atoms with Crippen LogP contribution in [0.15, 0.2) is 24.3 Å². The van der Waals surface area contributed by atoms with Gasteiger partial charge in [0.05, 0.1) is 11.7 Å². The first-order chi connectivity index (χ1) is 9.76. The van der Waals surface area contributed by atoms with Gasteiger partial charge < -0.3 is 5.32 Å². The minimum atomic E-state index is 0.134. The molecule has 0 saturated carbocycles. The molecule has 1 N–H and O–H groups in total. The maximum atomic E-state index is 4.12. The Balaban J connectivity index is 2.17. The molecule has 0 saturated heterocycles. The van der Waals surface area contributed by atoms with E-state index in [4.69, 9.17) is 0 Å². The molecule has 1 atom stereocenters. The summed E-state index contributed by atoms with van der Waals surface area (Å²) in [7, 11) is 0. The summed E-state index contributed by atoms with van der Waals surface area (Å²) in [6.45, 7) is 7.25. The lowest BCUT2D eigenvalue weighted by molar-refractivity contribution is 0.550. The number of hydrogen-bond donors (Lipinski definition) is 1. The molecule has 0 aliphatic carbocycles. The number of hydrogen-bond acceptors (Lipinski definition) is 4. The van der Waals surface area contributed by atoms with Crippen LogP contribution in [-0.4, -0.2) is 26.8 Å². The van der Waals surface area contributed by atoms with E-state index in [1.807, 2.05) is 0 Å². The fraction of sp³-hybridized carbons (Fsp3) is 0.533. The number of tetrazole rings is 1. The van der Waals surface area contributed by atoms with Crippen molar-refractivity contribution in [3.05, 3.63) is 35.7 Å². The van der Waals surface area contributed by atoms with Gasteiger partial charge in [0.2, 0.25) is 0 Å². The summed E-state index contributed by atoms with van der Waals surface area (Å²) < 4.78 is 1.80. The molecule has 2 aromatic rings. The van der Waals surface area contributed by atoms with Crippen LogP contribution in [0, 0.1) is 0 Å². The zero-order chi connectivity index (χ0) is 14.4. The van der Waals surface area contributed by atoms with Gasteiger partial charge in [0.25, 0.3) is 0 Å². The Hall–Kier alpha value is -1.75. The first-order valence-electron chi connectivity index (χ1n) is 7.37. The van der Waals surface area contributed by atoms with Gasteiger partial charge in [-0.25, -0.2) is 0 Å². The lowest BCUT2D eigenvalue weighted by Gasteiger charge is -2.12. The second-order valence-electron chi connectivity index (χ2n) is 5.00. The molecule has 108 valence electrons. The smallest absolute Gasteiger partial charge is 0.173 e. The van der Waals surface area contributed by atoms with E-state index in [0.29, 0.717) is 0 Å². The molecule has 0 spiro atoms. The van der Waals surface area contributed by atoms with E-state index in [2.05, 4.69) is 65.9 Å². The number of unbranched alkanes of at least 4 members (excludes halogenated alkanes) is 1. The minimum Gasteiger partial charge on any atom is -0.308 e. The number of aryl methyl sites for hydroxylation is 1. The van der Waals surface area contributed by atoms with Crippen molar-refractivity contribution < 1.29 is 0 Å². The molecular weight excluding hydrogens is 250 g/mol. The van der Waals surface area contributed by atoms with Crippen molar-refractivity contribution in [3.63, 3.8) is 0 Å². The molecule has 1 heterocycles. The number of benzene rings is 1. The van der Waals surface area contributed by atoms with Crippen molar-refractivity contribution in [2.24, 2.45) is 0 Å². The van der Waals surface area contributed by atoms with Gasteiger partial charge >= 0.3 is 0 Å². The molecular formula is C15H23N5. The normalized spacial score (nSPS) is 12.6. The Morgan fingerprint density at radius 1 is 1.20 bits per heavy atom. The van der Waals surface area contributed by atoms with E-state index in [1.165, 1.54) is 18.4 Å². The van der Waals surface area contributed by atoms with Crippen LogP contribution in [-0.2, 0) is 6.42 Å². The second-order valence-corrected chi connectivity index (χ2v) is 5.00. The fourth-order valence-corrected chi connectivity index (χ4v) is 2.23. The van der Waals surface area contributed by atoms with Gasteiger partial charge in [-0.2, -0.15) is 4.68 Å². The average molecular weight is 273 g/mol. The Morgan fingerprint density at radius 2 is 1.95 bits per heavy atom. The number of nitrogens with zero attached hydrogens (tertiary/aromatic N) is 4. The minimum absolute atomic E-state index is 0.134. The average Bonchev–Trinajstić information content (AvgIpc) is 2.95. The Morgan fingerprint density at radius 3 is 2.60 bits per heavy atom. The molecule has 0 bridgehead atoms. The van der Waals surface area contributed by atoms with E-state index in [9.17, 15) is 0 Å². The maximum absolute atomic E-state index is 4.12. The van der Waals surface area contributed by atoms with Crippen molar-refractivity contribution >= 4 is 0 Å². The number of aromatic nitrogens is 4. The van der Waals surface area contributed by atoms with E-state index in [-0.39, 0.29) is 6.04 Å². The van der Waals surface area contributed by atoms with Crippen molar-refractivity contribution in [3.8, 4) is 5.69 Å². The summed E-state index contributed by atoms with van der Waals surface area (Å²) in [5, 5.41) is 15.4. The first kappa shape index (κ1) is 14.7. The Bertz CT molecular complexity index is 517. The molecule has 0 aliphatic heterocycles. The van der Waals surface area contributed by atoms with Crippen molar-refractivity contribution in [1.82, 2.24) is 25.5 Å². The standard InChI is InChI=1S/C15H23N5/c1-4-6-7-13-8-10-14(11-9-13)20-15(17-18-19-20)12(3)16-5-2/h8-12,16H,4-7H2,1-3H3. The van der Waals surface area contributed by atoms with Crippen LogP contribution in [0.25, 0.3) is 5.69 Å². The van der Waals surface area contributed by atoms with Crippen LogP contribution in [0.1, 0.15) is 51.0 Å². The van der Waals surface area contributed by atoms with Crippen molar-refractivity contribution in [2.75, 3.05) is 6.54 Å². The largest absolute Gasteiger partial charge is 0.308 e. The maximum Gasteiger partial charge on any atom is 0.173 e. The molecule has 2 rings (SSSR count). The molecule has 1 aromatic heterocycles. The zero-order valence-corrected chi connectivity index (χ0v) is 12.5. The second kappa shape index (κ2) is 7.14. The summed E-state index contributed by atoms with van der Waals surface area (Å²) in [5.74, 6) is 0.841. The Kier molecular flexibility index (Phi) is 5.24. The van der Waals surface area contributed by atoms with Crippen LogP contribution in [0.3, 0.4) is 0 Å². The van der Waals surface area contributed by atoms with Crippen LogP contribution < -0.4 is 5.32 Å². The molecule has 0 radical (unpaired) electrons. The molecule has 0 amide bonds. The molecule has 1 aromatic carbocycles. The summed E-state index contributed by atoms with van der Waals surface area (Å²) in [5.41, 5.74) is 2.37. The highest BCUT2D eigenvalue weighted by molar-refractivity contribution is 5.34. The third-order valence-corrected chi connectivity index (χ3v) is 3.39. The number of nitrogens with one attached hydrogen (secondary N) is 1. The van der Waals surface area contributed by atoms with Gasteiger partial charge in [-0.1, -0.05) is 32.4 Å². The predicted molar refractivity (Wildman–Crippen MR) is 79.9 cm³/mol. The zero-order valence-electron chi connectivity index (χ0n) is 12.5. The van der Waals surface area contributed by atoms with Gasteiger partial charge in [-0.3, -0.25) is 0 Å². The van der Waals surface area contributed by atoms with E-state index >= 15 is 0 Å². The van der Waals surface area contributed by atoms with Crippen LogP contribution in [0.5, 0.6) is 0 Å². The van der Waals surface area contributed by atoms with E-state index in [0.717, 1.165) is 24.5 Å². The SMILES string of the molecule is CCCCc1ccc(-n2nnnc2C(C)NCC)cc1. The number of rotatable bonds is 7. The predicted octanol–water partition coefficient (Wildman–Crippen LogP) is 2.68. The Labute approximate surface area is 120 Å². The van der Waals surface area contributed by atoms with Crippen LogP contribution >= 0.6 is 0 Å². The highest BCUT2D eigenvalue weighted by atomic mass is 15.5. The molecule has 5 heteroatoms. The van der Waals surface area contributed by atoms with Gasteiger partial charge in [-0.15, -0.1) is 5.10 Å². The third-order valence-electron chi connectivity index (χ3n) is 3.39. The van der Waals surface area contributed by atoms with Gasteiger partial charge in [0, 0.05) is 0 Å². The highest BCUT2D eigenvalue weighted by Gasteiger charge is 2.14. The van der Waals surface area contributed by atoms with Crippen LogP contribution in [0.2, 0.25) is 0 Å². The highest BCUT2D eigenvalue weighted by Crippen LogP contribution is 2.15. The first-order valence-corrected chi connectivity index (χ1v) is 7.37. The quantitative estimate of drug-likeness (QED) is 0.842. The van der Waals surface area contributed by atoms with Gasteiger partial charge in [0.15, 0.2) is 5.82 Å². The summed E-state index contributed by atoms with van der Waals surface area (Å²) in [4.78, 5) is 0. The van der Waals surface area contributed by atoms with Crippen molar-refractivity contribution in [1.29, 1.82) is 0 Å². The molecule has 0 fully saturated rings. The summed E-state index contributed by atoms with van der Waals surface area (Å²) >= 11 is 0. The van der Waals surface area contributed by atoms with E-state index < -0.39 is 0 Å². The van der Waals surface area contributed by atoms with Crippen molar-refractivity contribution in [2.45, 2.75) is 46.1 Å². The molecule has 0 aliphatic rings. The van der Waals surface area contributed by atoms with Crippen LogP contribution in [0.4, 0.5) is 0 Å². The van der Waals surface area contributed by atoms with Gasteiger partial charge in [-0.05, 0) is 54.4 Å². The lowest BCUT2D eigenvalue weighted by Crippen LogP contribution is -2.21. The topological polar surface area (TPSA) is 55.6 Å². The molecule has 20 heavy (non-hydrogen) atoms. The fourth-order valence-electron chi connectivity index (χ4n) is 2.23. The van der Waals surface area contributed by atoms with E-state index in [1.54, 1.807) is 4.68 Å².